The minimum Gasteiger partial charge on any atom is -0.326 e. The Morgan fingerprint density at radius 2 is 0.443 bits per heavy atom. The molecule has 1 heterocycles. The molecule has 0 fully saturated rings. The molecular weight excluding hydrogens is 847 g/mol. The van der Waals surface area contributed by atoms with Crippen molar-refractivity contribution in [2.75, 3.05) is 7.05 Å². The van der Waals surface area contributed by atoms with E-state index < -0.39 is 11.0 Å². The van der Waals surface area contributed by atoms with Gasteiger partial charge in [0.15, 0.2) is 0 Å². The average molecular weight is 854 g/mol. The Bertz CT molecular complexity index is 7290. The highest BCUT2D eigenvalue weighted by Crippen LogP contribution is 2.86. The Labute approximate surface area is 380 Å². The van der Waals surface area contributed by atoms with Crippen LogP contribution < -0.4 is 0 Å². The predicted octanol–water partition coefficient (Wildman–Crippen LogP) is 17.4. The number of likely N-dealkylation sites (N-methyl/N-ethyl adjacent to an activating group) is 1. The largest absolute Gasteiger partial charge is 0.326 e. The maximum Gasteiger partial charge on any atom is 0.254 e. The molecule has 29 aromatic rings. The van der Waals surface area contributed by atoms with Gasteiger partial charge in [0.25, 0.3) is 5.91 Å². The molecule has 0 saturated carbocycles. The first-order valence-electron chi connectivity index (χ1n) is 25.9. The molecular formula is C68H7NO. The lowest BCUT2D eigenvalue weighted by molar-refractivity contribution is 0.0481. The number of carbonyl (C=O) groups excluding carboxylic acids is 1. The molecule has 2 spiro atoms. The third-order valence-electron chi connectivity index (χ3n) is 25.6. The summed E-state index contributed by atoms with van der Waals surface area (Å²) < 4.78 is 0. The van der Waals surface area contributed by atoms with Crippen molar-refractivity contribution >= 4 is 297 Å². The van der Waals surface area contributed by atoms with E-state index in [0.29, 0.717) is 0 Å². The van der Waals surface area contributed by atoms with Gasteiger partial charge in [-0.1, -0.05) is 18.2 Å². The summed E-state index contributed by atoms with van der Waals surface area (Å²) in [7, 11) is 2.28. The van der Waals surface area contributed by atoms with Gasteiger partial charge >= 0.3 is 0 Å². The van der Waals surface area contributed by atoms with Crippen LogP contribution in [0.5, 0.6) is 0 Å². The molecule has 5 aliphatic rings. The highest BCUT2D eigenvalue weighted by atomic mass is 16.2. The molecule has 1 amide bonds. The predicted molar refractivity (Wildman–Crippen MR) is 292 cm³/mol. The second-order valence-electron chi connectivity index (χ2n) is 25.6. The lowest BCUT2D eigenvalue weighted by Crippen LogP contribution is -2.65. The molecule has 29 aromatic carbocycles. The molecule has 70 heavy (non-hydrogen) atoms. The molecule has 0 N–H and O–H groups in total. The second kappa shape index (κ2) is 5.64. The molecule has 0 atom stereocenters. The van der Waals surface area contributed by atoms with Crippen LogP contribution >= 0.6 is 0 Å². The van der Waals surface area contributed by atoms with Crippen LogP contribution in [0, 0.1) is 0 Å². The van der Waals surface area contributed by atoms with Crippen LogP contribution in [0.15, 0.2) is 24.3 Å². The lowest BCUT2D eigenvalue weighted by Gasteiger charge is -2.60. The number of hydrogen-bond acceptors (Lipinski definition) is 1. The average Bonchev–Trinajstić information content (AvgIpc) is 4.32. The van der Waals surface area contributed by atoms with Gasteiger partial charge < -0.3 is 4.90 Å². The van der Waals surface area contributed by atoms with E-state index in [4.69, 9.17) is 0 Å². The van der Waals surface area contributed by atoms with Crippen molar-refractivity contribution < 1.29 is 4.79 Å². The van der Waals surface area contributed by atoms with Crippen LogP contribution in [0.4, 0.5) is 0 Å². The highest BCUT2D eigenvalue weighted by molar-refractivity contribution is 6.82. The van der Waals surface area contributed by atoms with Crippen LogP contribution in [0.3, 0.4) is 0 Å². The van der Waals surface area contributed by atoms with Crippen LogP contribution in [-0.2, 0) is 11.0 Å². The molecule has 0 saturated heterocycles. The van der Waals surface area contributed by atoms with Crippen molar-refractivity contribution in [1.82, 2.24) is 4.90 Å². The zero-order chi connectivity index (χ0) is 41.6. The van der Waals surface area contributed by atoms with Gasteiger partial charge in [0, 0.05) is 23.7 Å². The minimum atomic E-state index is -0.760. The van der Waals surface area contributed by atoms with Crippen molar-refractivity contribution in [3.05, 3.63) is 57.6 Å². The number of nitrogens with zero attached hydrogens (tertiary/aromatic N) is 1. The Kier molecular flexibility index (Phi) is 2.05. The van der Waals surface area contributed by atoms with Gasteiger partial charge in [-0.05, 0) is 314 Å². The van der Waals surface area contributed by atoms with E-state index >= 15 is 4.79 Å². The minimum absolute atomic E-state index is 0.193. The van der Waals surface area contributed by atoms with Crippen LogP contribution in [-0.4, -0.2) is 17.9 Å². The molecule has 0 aromatic heterocycles. The Morgan fingerprint density at radius 1 is 0.257 bits per heavy atom. The van der Waals surface area contributed by atoms with Crippen molar-refractivity contribution in [1.29, 1.82) is 0 Å². The Hall–Kier alpha value is -8.85. The summed E-state index contributed by atoms with van der Waals surface area (Å²) >= 11 is 0. The van der Waals surface area contributed by atoms with Crippen molar-refractivity contribution in [3.8, 4) is 0 Å². The fourth-order valence-electron chi connectivity index (χ4n) is 25.6. The number of carbonyl (C=O) groups is 1. The number of fused-ring (bicyclic) bond motifs is 1. The quantitative estimate of drug-likeness (QED) is 0.139. The third-order valence-corrected chi connectivity index (χ3v) is 25.6. The molecule has 4 aliphatic carbocycles. The van der Waals surface area contributed by atoms with Gasteiger partial charge in [0.05, 0.1) is 5.41 Å². The molecule has 34 rings (SSSR count). The highest BCUT2D eigenvalue weighted by Gasteiger charge is 2.74. The van der Waals surface area contributed by atoms with E-state index in [1.54, 1.807) is 280 Å². The summed E-state index contributed by atoms with van der Waals surface area (Å²) in [6.07, 6.45) is 0. The number of benzene rings is 19. The van der Waals surface area contributed by atoms with Crippen LogP contribution in [0.2, 0.25) is 0 Å². The van der Waals surface area contributed by atoms with E-state index in [2.05, 4.69) is 36.2 Å². The fraction of sp³-hybridized carbons (Fsp3) is 0.0441. The number of hydrogen-bond donors (Lipinski definition) is 0. The lowest BCUT2D eigenvalue weighted by atomic mass is 9.48. The second-order valence-corrected chi connectivity index (χ2v) is 25.6. The van der Waals surface area contributed by atoms with Gasteiger partial charge in [0.2, 0.25) is 0 Å². The fourth-order valence-corrected chi connectivity index (χ4v) is 25.6. The number of amides is 1. The smallest absolute Gasteiger partial charge is 0.254 e. The van der Waals surface area contributed by atoms with E-state index in [1.807, 2.05) is 0 Å². The summed E-state index contributed by atoms with van der Waals surface area (Å²) in [4.78, 5) is 18.7. The molecule has 0 bridgehead atoms. The van der Waals surface area contributed by atoms with Gasteiger partial charge in [-0.3, -0.25) is 4.79 Å². The van der Waals surface area contributed by atoms with Crippen molar-refractivity contribution in [3.63, 3.8) is 0 Å². The molecule has 0 radical (unpaired) electrons. The summed E-state index contributed by atoms with van der Waals surface area (Å²) in [5.74, 6) is 0.193. The van der Waals surface area contributed by atoms with Gasteiger partial charge in [-0.25, -0.2) is 0 Å². The Morgan fingerprint density at radius 3 is 0.671 bits per heavy atom. The summed E-state index contributed by atoms with van der Waals surface area (Å²) in [6.45, 7) is 0. The van der Waals surface area contributed by atoms with E-state index in [9.17, 15) is 0 Å². The first kappa shape index (κ1) is 25.5. The standard InChI is InChI=1S/C68H7NO/c1-69-66(70)6-4-2-3-5-7(6)67-62-54-46-36-26-18-10-8-9-12-16-14(10)22-30-24(16)34-28-20(12)21-13(9)17-15-11(8)19(18)27-33-23(15)31-25(17)35-29(21)39-38(28)50-44(34)52-42(30)48(40(46)32(22)26)56(62)58(52)64-60(50)61-51(39)45(35)53-43(31)49-41(33)47(37(27)36)55(54)63(67)57(49)59(53)65(61)68(64,67)69/h2-5H,1H3. The third kappa shape index (κ3) is 1.28. The molecule has 290 valence electrons. The maximum absolute atomic E-state index is 16.3. The zero-order valence-corrected chi connectivity index (χ0v) is 35.7. The van der Waals surface area contributed by atoms with E-state index in [1.165, 1.54) is 38.2 Å². The van der Waals surface area contributed by atoms with Crippen molar-refractivity contribution in [2.24, 2.45) is 0 Å². The Balaban J connectivity index is 1.22. The van der Waals surface area contributed by atoms with E-state index in [0.717, 1.165) is 5.56 Å². The molecule has 0 unspecified atom stereocenters. The first-order chi connectivity index (χ1) is 34.8. The van der Waals surface area contributed by atoms with Crippen LogP contribution in [0.25, 0.3) is 291 Å². The summed E-state index contributed by atoms with van der Waals surface area (Å²) in [6, 6.07) is 9.14. The SMILES string of the molecule is CN1C(=O)c2ccccc2C23c4c5c6c7c8c9c(c%10c%11c2c2c4c4c%12c5c5c6c6c8c8c%13c9c9c%10c%10c%11c%11c2c2c4c4c%12c%12c5c5c6c8c6c8c%13c9c9c%10c%10c%11c2c2c4c4c%12c5c6c5c8c9c%10c2c45)C713. The first-order valence-corrected chi connectivity index (χ1v) is 25.9. The van der Waals surface area contributed by atoms with Gasteiger partial charge in [0.1, 0.15) is 5.54 Å². The molecule has 2 nitrogen and oxygen atoms in total. The summed E-state index contributed by atoms with van der Waals surface area (Å²) in [5.41, 5.74) is 6.96. The molecule has 1 aliphatic heterocycles. The normalized spacial score (nSPS) is 22.5. The van der Waals surface area contributed by atoms with E-state index in [-0.39, 0.29) is 5.91 Å². The topological polar surface area (TPSA) is 20.3 Å². The number of rotatable bonds is 0. The van der Waals surface area contributed by atoms with Gasteiger partial charge in [-0.15, -0.1) is 0 Å². The van der Waals surface area contributed by atoms with Gasteiger partial charge in [-0.2, -0.15) is 0 Å². The molecule has 2 heteroatoms. The van der Waals surface area contributed by atoms with Crippen LogP contribution in [0.1, 0.15) is 38.2 Å². The maximum atomic E-state index is 16.3. The monoisotopic (exact) mass is 853 g/mol. The van der Waals surface area contributed by atoms with Crippen molar-refractivity contribution in [2.45, 2.75) is 11.0 Å². The zero-order valence-electron chi connectivity index (χ0n) is 35.7. The summed E-state index contributed by atoms with van der Waals surface area (Å²) in [5, 5.41) is 85.9.